The van der Waals surface area contributed by atoms with Crippen LogP contribution in [-0.2, 0) is 11.3 Å². The molecule has 0 spiro atoms. The third-order valence-corrected chi connectivity index (χ3v) is 2.79. The number of likely N-dealkylation sites (N-methyl/N-ethyl adjacent to an activating group) is 1. The zero-order valence-corrected chi connectivity index (χ0v) is 13.1. The predicted octanol–water partition coefficient (Wildman–Crippen LogP) is 2.35. The van der Waals surface area contributed by atoms with Crippen LogP contribution in [0.15, 0.2) is 18.5 Å². The minimum atomic E-state index is -0.453. The molecule has 1 N–H and O–H groups in total. The van der Waals surface area contributed by atoms with Crippen LogP contribution in [0.3, 0.4) is 0 Å². The van der Waals surface area contributed by atoms with Gasteiger partial charge in [-0.25, -0.2) is 4.79 Å². The SMILES string of the molecule is Cc1ccncc1CNCCN(C)C(=O)OC(C)(C)C. The highest BCUT2D eigenvalue weighted by Gasteiger charge is 2.18. The molecule has 0 radical (unpaired) electrons. The largest absolute Gasteiger partial charge is 0.444 e. The van der Waals surface area contributed by atoms with E-state index < -0.39 is 5.60 Å². The number of amides is 1. The van der Waals surface area contributed by atoms with Crippen LogP contribution in [0, 0.1) is 6.92 Å². The molecule has 5 heteroatoms. The summed E-state index contributed by atoms with van der Waals surface area (Å²) in [5.74, 6) is 0. The van der Waals surface area contributed by atoms with E-state index in [9.17, 15) is 4.79 Å². The molecular weight excluding hydrogens is 254 g/mol. The molecule has 1 heterocycles. The molecule has 0 saturated carbocycles. The second-order valence-corrected chi connectivity index (χ2v) is 5.88. The van der Waals surface area contributed by atoms with Crippen molar-refractivity contribution in [2.24, 2.45) is 0 Å². The number of aryl methyl sites for hydroxylation is 1. The number of pyridine rings is 1. The summed E-state index contributed by atoms with van der Waals surface area (Å²) in [5, 5.41) is 3.30. The summed E-state index contributed by atoms with van der Waals surface area (Å²) in [4.78, 5) is 17.4. The highest BCUT2D eigenvalue weighted by Crippen LogP contribution is 2.08. The first-order valence-corrected chi connectivity index (χ1v) is 6.84. The fourth-order valence-corrected chi connectivity index (χ4v) is 1.58. The van der Waals surface area contributed by atoms with E-state index in [0.29, 0.717) is 13.1 Å². The number of nitrogens with zero attached hydrogens (tertiary/aromatic N) is 2. The zero-order chi connectivity index (χ0) is 15.2. The van der Waals surface area contributed by atoms with Gasteiger partial charge in [0, 0.05) is 39.1 Å². The standard InChI is InChI=1S/C15H25N3O2/c1-12-6-7-16-10-13(12)11-17-8-9-18(5)14(19)20-15(2,3)4/h6-7,10,17H,8-9,11H2,1-5H3. The van der Waals surface area contributed by atoms with Crippen molar-refractivity contribution < 1.29 is 9.53 Å². The van der Waals surface area contributed by atoms with Gasteiger partial charge < -0.3 is 15.0 Å². The summed E-state index contributed by atoms with van der Waals surface area (Å²) < 4.78 is 5.28. The van der Waals surface area contributed by atoms with E-state index in [2.05, 4.69) is 17.2 Å². The number of rotatable bonds is 5. The Bertz CT molecular complexity index is 441. The molecule has 0 fully saturated rings. The van der Waals surface area contributed by atoms with Crippen LogP contribution in [0.5, 0.6) is 0 Å². The molecule has 112 valence electrons. The van der Waals surface area contributed by atoms with E-state index in [4.69, 9.17) is 4.74 Å². The number of carbonyl (C=O) groups is 1. The minimum Gasteiger partial charge on any atom is -0.444 e. The van der Waals surface area contributed by atoms with E-state index in [1.54, 1.807) is 18.1 Å². The fraction of sp³-hybridized carbons (Fsp3) is 0.600. The number of hydrogen-bond donors (Lipinski definition) is 1. The summed E-state index contributed by atoms with van der Waals surface area (Å²) in [7, 11) is 1.74. The topological polar surface area (TPSA) is 54.5 Å². The third kappa shape index (κ3) is 6.02. The molecule has 1 rings (SSSR count). The summed E-state index contributed by atoms with van der Waals surface area (Å²) >= 11 is 0. The quantitative estimate of drug-likeness (QED) is 0.841. The van der Waals surface area contributed by atoms with Crippen molar-refractivity contribution in [3.63, 3.8) is 0 Å². The molecule has 0 bridgehead atoms. The van der Waals surface area contributed by atoms with Gasteiger partial charge in [0.25, 0.3) is 0 Å². The van der Waals surface area contributed by atoms with Crippen molar-refractivity contribution in [1.29, 1.82) is 0 Å². The van der Waals surface area contributed by atoms with Crippen molar-refractivity contribution in [3.8, 4) is 0 Å². The van der Waals surface area contributed by atoms with Crippen LogP contribution < -0.4 is 5.32 Å². The van der Waals surface area contributed by atoms with Crippen LogP contribution in [-0.4, -0.2) is 41.7 Å². The highest BCUT2D eigenvalue weighted by atomic mass is 16.6. The molecule has 0 aliphatic heterocycles. The van der Waals surface area contributed by atoms with Crippen molar-refractivity contribution in [3.05, 3.63) is 29.6 Å². The lowest BCUT2D eigenvalue weighted by atomic mass is 10.1. The maximum Gasteiger partial charge on any atom is 0.410 e. The molecule has 5 nitrogen and oxygen atoms in total. The first kappa shape index (κ1) is 16.4. The van der Waals surface area contributed by atoms with E-state index in [1.807, 2.05) is 33.0 Å². The van der Waals surface area contributed by atoms with Crippen LogP contribution in [0.25, 0.3) is 0 Å². The van der Waals surface area contributed by atoms with Crippen molar-refractivity contribution in [1.82, 2.24) is 15.2 Å². The molecule has 20 heavy (non-hydrogen) atoms. The lowest BCUT2D eigenvalue weighted by Gasteiger charge is -2.24. The summed E-state index contributed by atoms with van der Waals surface area (Å²) in [6, 6.07) is 1.99. The second kappa shape index (κ2) is 7.24. The van der Waals surface area contributed by atoms with Crippen LogP contribution >= 0.6 is 0 Å². The lowest BCUT2D eigenvalue weighted by Crippen LogP contribution is -2.37. The van der Waals surface area contributed by atoms with E-state index in [-0.39, 0.29) is 6.09 Å². The molecule has 0 aliphatic rings. The van der Waals surface area contributed by atoms with Crippen LogP contribution in [0.2, 0.25) is 0 Å². The summed E-state index contributed by atoms with van der Waals surface area (Å²) in [6.45, 7) is 9.72. The molecule has 0 unspecified atom stereocenters. The van der Waals surface area contributed by atoms with Gasteiger partial charge in [-0.15, -0.1) is 0 Å². The van der Waals surface area contributed by atoms with E-state index in [1.165, 1.54) is 11.1 Å². The van der Waals surface area contributed by atoms with Crippen LogP contribution in [0.4, 0.5) is 4.79 Å². The number of aromatic nitrogens is 1. The van der Waals surface area contributed by atoms with E-state index >= 15 is 0 Å². The van der Waals surface area contributed by atoms with Crippen molar-refractivity contribution >= 4 is 6.09 Å². The monoisotopic (exact) mass is 279 g/mol. The van der Waals surface area contributed by atoms with Gasteiger partial charge in [0.1, 0.15) is 5.60 Å². The zero-order valence-electron chi connectivity index (χ0n) is 13.1. The Morgan fingerprint density at radius 1 is 1.45 bits per heavy atom. The van der Waals surface area contributed by atoms with Gasteiger partial charge in [-0.2, -0.15) is 0 Å². The third-order valence-electron chi connectivity index (χ3n) is 2.79. The molecule has 0 saturated heterocycles. The summed E-state index contributed by atoms with van der Waals surface area (Å²) in [5.41, 5.74) is 1.94. The van der Waals surface area contributed by atoms with Gasteiger partial charge in [-0.05, 0) is 44.9 Å². The van der Waals surface area contributed by atoms with Gasteiger partial charge in [0.05, 0.1) is 0 Å². The van der Waals surface area contributed by atoms with Crippen molar-refractivity contribution in [2.75, 3.05) is 20.1 Å². The number of hydrogen-bond acceptors (Lipinski definition) is 4. The molecule has 0 aromatic carbocycles. The lowest BCUT2D eigenvalue weighted by molar-refractivity contribution is 0.0300. The molecule has 1 aromatic heterocycles. The minimum absolute atomic E-state index is 0.295. The molecular formula is C15H25N3O2. The first-order valence-electron chi connectivity index (χ1n) is 6.84. The fourth-order valence-electron chi connectivity index (χ4n) is 1.58. The Morgan fingerprint density at radius 3 is 2.75 bits per heavy atom. The Morgan fingerprint density at radius 2 is 2.15 bits per heavy atom. The maximum atomic E-state index is 11.7. The van der Waals surface area contributed by atoms with Gasteiger partial charge in [-0.1, -0.05) is 0 Å². The second-order valence-electron chi connectivity index (χ2n) is 5.88. The number of ether oxygens (including phenoxy) is 1. The number of carbonyl (C=O) groups excluding carboxylic acids is 1. The molecule has 0 atom stereocenters. The van der Waals surface area contributed by atoms with Gasteiger partial charge in [0.2, 0.25) is 0 Å². The Hall–Kier alpha value is -1.62. The van der Waals surface area contributed by atoms with Gasteiger partial charge in [0.15, 0.2) is 0 Å². The predicted molar refractivity (Wildman–Crippen MR) is 79.5 cm³/mol. The first-order chi connectivity index (χ1) is 9.29. The average molecular weight is 279 g/mol. The molecule has 1 aromatic rings. The average Bonchev–Trinajstić information content (AvgIpc) is 2.34. The Kier molecular flexibility index (Phi) is 5.95. The van der Waals surface area contributed by atoms with Crippen LogP contribution in [0.1, 0.15) is 31.9 Å². The van der Waals surface area contributed by atoms with Crippen molar-refractivity contribution in [2.45, 2.75) is 39.8 Å². The summed E-state index contributed by atoms with van der Waals surface area (Å²) in [6.07, 6.45) is 3.35. The number of nitrogens with one attached hydrogen (secondary N) is 1. The Labute approximate surface area is 121 Å². The smallest absolute Gasteiger partial charge is 0.410 e. The van der Waals surface area contributed by atoms with E-state index in [0.717, 1.165) is 6.54 Å². The van der Waals surface area contributed by atoms with Gasteiger partial charge in [-0.3, -0.25) is 4.98 Å². The highest BCUT2D eigenvalue weighted by molar-refractivity contribution is 5.67. The van der Waals surface area contributed by atoms with Gasteiger partial charge >= 0.3 is 6.09 Å². The Balaban J connectivity index is 2.27. The normalized spacial score (nSPS) is 11.2. The molecule has 0 aliphatic carbocycles. The molecule has 1 amide bonds. The maximum absolute atomic E-state index is 11.7.